The van der Waals surface area contributed by atoms with Crippen LogP contribution in [0.1, 0.15) is 19.3 Å². The molecule has 2 N–H and O–H groups in total. The summed E-state index contributed by atoms with van der Waals surface area (Å²) in [4.78, 5) is 27.6. The fraction of sp³-hybridized carbons (Fsp3) is 0.167. The maximum atomic E-state index is 13.6. The van der Waals surface area contributed by atoms with Gasteiger partial charge in [0.1, 0.15) is 17.4 Å². The Bertz CT molecular complexity index is 1330. The molecule has 0 aromatic carbocycles. The van der Waals surface area contributed by atoms with Crippen molar-refractivity contribution >= 4 is 22.6 Å². The van der Waals surface area contributed by atoms with E-state index in [0.717, 1.165) is 41.3 Å². The number of aromatic nitrogens is 4. The molecule has 0 radical (unpaired) electrons. The van der Waals surface area contributed by atoms with Gasteiger partial charge in [0.15, 0.2) is 0 Å². The van der Waals surface area contributed by atoms with Crippen LogP contribution in [0.25, 0.3) is 33.3 Å². The lowest BCUT2D eigenvalue weighted by Crippen LogP contribution is -2.25. The zero-order valence-corrected chi connectivity index (χ0v) is 17.1. The van der Waals surface area contributed by atoms with E-state index in [1.54, 1.807) is 24.7 Å². The number of anilines is 1. The summed E-state index contributed by atoms with van der Waals surface area (Å²) in [5.74, 6) is -0.504. The van der Waals surface area contributed by atoms with Gasteiger partial charge in [-0.15, -0.1) is 0 Å². The smallest absolute Gasteiger partial charge is 0.247 e. The summed E-state index contributed by atoms with van der Waals surface area (Å²) < 4.78 is 19.6. The second-order valence-electron chi connectivity index (χ2n) is 7.63. The van der Waals surface area contributed by atoms with Crippen molar-refractivity contribution in [2.75, 3.05) is 5.32 Å². The van der Waals surface area contributed by atoms with Crippen molar-refractivity contribution in [1.29, 1.82) is 0 Å². The van der Waals surface area contributed by atoms with Gasteiger partial charge in [-0.05, 0) is 49.1 Å². The molecule has 1 aliphatic rings. The first-order valence-electron chi connectivity index (χ1n) is 10.3. The maximum absolute atomic E-state index is 13.6. The molecule has 4 aromatic rings. The van der Waals surface area contributed by atoms with E-state index in [1.165, 1.54) is 18.3 Å². The lowest BCUT2D eigenvalue weighted by molar-refractivity contribution is -0.111. The van der Waals surface area contributed by atoms with Gasteiger partial charge in [0, 0.05) is 52.9 Å². The highest BCUT2D eigenvalue weighted by Crippen LogP contribution is 2.34. The number of pyridine rings is 3. The van der Waals surface area contributed by atoms with Crippen LogP contribution in [0.15, 0.2) is 61.7 Å². The SMILES string of the molecule is C=CC(=O)Nc1cc(-c2cnc3[nH]cc(-c4ccnc(F)c4)c3c2)cnc1OC1CCC1. The number of ether oxygens (including phenoxy) is 1. The van der Waals surface area contributed by atoms with Gasteiger partial charge < -0.3 is 15.0 Å². The predicted octanol–water partition coefficient (Wildman–Crippen LogP) is 4.88. The van der Waals surface area contributed by atoms with Crippen LogP contribution < -0.4 is 10.1 Å². The second-order valence-corrected chi connectivity index (χ2v) is 7.63. The van der Waals surface area contributed by atoms with Crippen molar-refractivity contribution < 1.29 is 13.9 Å². The van der Waals surface area contributed by atoms with Gasteiger partial charge in [0.2, 0.25) is 17.7 Å². The maximum Gasteiger partial charge on any atom is 0.247 e. The number of carbonyl (C=O) groups excluding carboxylic acids is 1. The Labute approximate surface area is 183 Å². The van der Waals surface area contributed by atoms with Crippen molar-refractivity contribution in [2.24, 2.45) is 0 Å². The summed E-state index contributed by atoms with van der Waals surface area (Å²) in [7, 11) is 0. The Balaban J connectivity index is 1.55. The predicted molar refractivity (Wildman–Crippen MR) is 120 cm³/mol. The molecule has 0 unspecified atom stereocenters. The molecule has 7 nitrogen and oxygen atoms in total. The van der Waals surface area contributed by atoms with E-state index in [1.807, 2.05) is 12.1 Å². The van der Waals surface area contributed by atoms with Gasteiger partial charge in [0.05, 0.1) is 0 Å². The number of hydrogen-bond acceptors (Lipinski definition) is 5. The summed E-state index contributed by atoms with van der Waals surface area (Å²) in [6.45, 7) is 3.51. The standard InChI is InChI=1S/C24H20FN5O2/c1-2-22(31)30-20-9-16(12-29-24(20)32-17-4-3-5-17)15-8-18-19(13-28-23(18)27-11-15)14-6-7-26-21(25)10-14/h2,6-13,17H,1,3-5H2,(H,27,28)(H,30,31). The Morgan fingerprint density at radius 2 is 1.97 bits per heavy atom. The molecule has 1 amide bonds. The summed E-state index contributed by atoms with van der Waals surface area (Å²) in [6.07, 6.45) is 11.0. The fourth-order valence-corrected chi connectivity index (χ4v) is 3.59. The van der Waals surface area contributed by atoms with Crippen LogP contribution in [0.3, 0.4) is 0 Å². The van der Waals surface area contributed by atoms with Crippen LogP contribution in [-0.2, 0) is 4.79 Å². The van der Waals surface area contributed by atoms with Crippen molar-refractivity contribution in [1.82, 2.24) is 19.9 Å². The number of carbonyl (C=O) groups is 1. The van der Waals surface area contributed by atoms with Gasteiger partial charge in [0.25, 0.3) is 0 Å². The molecule has 0 aliphatic heterocycles. The number of halogens is 1. The minimum absolute atomic E-state index is 0.119. The van der Waals surface area contributed by atoms with E-state index in [-0.39, 0.29) is 12.0 Å². The molecule has 1 aliphatic carbocycles. The highest BCUT2D eigenvalue weighted by Gasteiger charge is 2.22. The van der Waals surface area contributed by atoms with Crippen molar-refractivity contribution in [2.45, 2.75) is 25.4 Å². The first-order chi connectivity index (χ1) is 15.6. The largest absolute Gasteiger partial charge is 0.473 e. The van der Waals surface area contributed by atoms with Crippen LogP contribution in [0.2, 0.25) is 0 Å². The second kappa shape index (κ2) is 8.22. The van der Waals surface area contributed by atoms with E-state index in [9.17, 15) is 9.18 Å². The Kier molecular flexibility index (Phi) is 5.10. The van der Waals surface area contributed by atoms with E-state index in [2.05, 4.69) is 31.8 Å². The molecular weight excluding hydrogens is 409 g/mol. The number of H-pyrrole nitrogens is 1. The molecule has 4 aromatic heterocycles. The average Bonchev–Trinajstić information content (AvgIpc) is 3.20. The lowest BCUT2D eigenvalue weighted by Gasteiger charge is -2.26. The molecular formula is C24H20FN5O2. The Hall–Kier alpha value is -4.07. The Morgan fingerprint density at radius 1 is 1.16 bits per heavy atom. The lowest BCUT2D eigenvalue weighted by atomic mass is 9.96. The van der Waals surface area contributed by atoms with Crippen LogP contribution in [0.4, 0.5) is 10.1 Å². The zero-order chi connectivity index (χ0) is 22.1. The van der Waals surface area contributed by atoms with E-state index >= 15 is 0 Å². The minimum Gasteiger partial charge on any atom is -0.473 e. The third-order valence-electron chi connectivity index (χ3n) is 5.53. The molecule has 160 valence electrons. The number of amides is 1. The number of hydrogen-bond donors (Lipinski definition) is 2. The molecule has 0 atom stereocenters. The number of rotatable bonds is 6. The van der Waals surface area contributed by atoms with Gasteiger partial charge in [-0.25, -0.2) is 15.0 Å². The molecule has 32 heavy (non-hydrogen) atoms. The first-order valence-corrected chi connectivity index (χ1v) is 10.3. The van der Waals surface area contributed by atoms with Crippen LogP contribution in [-0.4, -0.2) is 31.9 Å². The fourth-order valence-electron chi connectivity index (χ4n) is 3.59. The molecule has 0 bridgehead atoms. The van der Waals surface area contributed by atoms with Gasteiger partial charge in [-0.3, -0.25) is 4.79 Å². The van der Waals surface area contributed by atoms with Gasteiger partial charge in [-0.2, -0.15) is 4.39 Å². The molecule has 4 heterocycles. The summed E-state index contributed by atoms with van der Waals surface area (Å²) >= 11 is 0. The van der Waals surface area contributed by atoms with Crippen molar-refractivity contribution in [3.8, 4) is 28.1 Å². The minimum atomic E-state index is -0.546. The van der Waals surface area contributed by atoms with Crippen molar-refractivity contribution in [3.05, 3.63) is 67.7 Å². The Morgan fingerprint density at radius 3 is 2.72 bits per heavy atom. The van der Waals surface area contributed by atoms with E-state index in [4.69, 9.17) is 4.74 Å². The molecule has 8 heteroatoms. The molecule has 1 saturated carbocycles. The number of fused-ring (bicyclic) bond motifs is 1. The summed E-state index contributed by atoms with van der Waals surface area (Å²) in [6, 6.07) is 6.89. The average molecular weight is 429 g/mol. The molecule has 0 saturated heterocycles. The number of nitrogens with one attached hydrogen (secondary N) is 2. The summed E-state index contributed by atoms with van der Waals surface area (Å²) in [5.41, 5.74) is 4.22. The number of nitrogens with zero attached hydrogens (tertiary/aromatic N) is 3. The quantitative estimate of drug-likeness (QED) is 0.337. The van der Waals surface area contributed by atoms with Crippen molar-refractivity contribution in [3.63, 3.8) is 0 Å². The van der Waals surface area contributed by atoms with Gasteiger partial charge in [-0.1, -0.05) is 6.58 Å². The first kappa shape index (κ1) is 19.9. The van der Waals surface area contributed by atoms with Gasteiger partial charge >= 0.3 is 0 Å². The molecule has 1 fully saturated rings. The highest BCUT2D eigenvalue weighted by atomic mass is 19.1. The van der Waals surface area contributed by atoms with Crippen LogP contribution in [0, 0.1) is 5.95 Å². The topological polar surface area (TPSA) is 92.8 Å². The molecule has 5 rings (SSSR count). The summed E-state index contributed by atoms with van der Waals surface area (Å²) in [5, 5.41) is 3.61. The number of aromatic amines is 1. The monoisotopic (exact) mass is 429 g/mol. The van der Waals surface area contributed by atoms with Crippen LogP contribution >= 0.6 is 0 Å². The highest BCUT2D eigenvalue weighted by molar-refractivity contribution is 6.00. The third kappa shape index (κ3) is 3.82. The normalized spacial score (nSPS) is 13.5. The van der Waals surface area contributed by atoms with E-state index in [0.29, 0.717) is 22.8 Å². The van der Waals surface area contributed by atoms with Crippen LogP contribution in [0.5, 0.6) is 5.88 Å². The zero-order valence-electron chi connectivity index (χ0n) is 17.1. The van der Waals surface area contributed by atoms with E-state index < -0.39 is 5.95 Å². The third-order valence-corrected chi connectivity index (χ3v) is 5.53. The molecule has 0 spiro atoms.